The van der Waals surface area contributed by atoms with Crippen LogP contribution in [0.15, 0.2) is 0 Å². The summed E-state index contributed by atoms with van der Waals surface area (Å²) in [4.78, 5) is 13.3. The van der Waals surface area contributed by atoms with Crippen LogP contribution in [0.1, 0.15) is 33.6 Å². The molecule has 1 atom stereocenters. The lowest BCUT2D eigenvalue weighted by molar-refractivity contribution is -0.127. The highest BCUT2D eigenvalue weighted by Gasteiger charge is 2.25. The summed E-state index contributed by atoms with van der Waals surface area (Å²) in [7, 11) is 0. The third-order valence-electron chi connectivity index (χ3n) is 2.58. The molecule has 1 saturated heterocycles. The van der Waals surface area contributed by atoms with Crippen molar-refractivity contribution in [3.8, 4) is 0 Å². The lowest BCUT2D eigenvalue weighted by Crippen LogP contribution is -2.35. The fourth-order valence-corrected chi connectivity index (χ4v) is 1.68. The lowest BCUT2D eigenvalue weighted by atomic mass is 10.3. The summed E-state index contributed by atoms with van der Waals surface area (Å²) in [5, 5.41) is 3.12. The average Bonchev–Trinajstić information content (AvgIpc) is 2.47. The second-order valence-electron chi connectivity index (χ2n) is 4.27. The van der Waals surface area contributed by atoms with E-state index in [1.54, 1.807) is 0 Å². The van der Waals surface area contributed by atoms with Crippen molar-refractivity contribution in [2.75, 3.05) is 19.7 Å². The van der Waals surface area contributed by atoms with Crippen LogP contribution >= 0.6 is 0 Å². The van der Waals surface area contributed by atoms with Crippen LogP contribution < -0.4 is 5.32 Å². The summed E-state index contributed by atoms with van der Waals surface area (Å²) in [6.07, 6.45) is 2.54. The van der Waals surface area contributed by atoms with Crippen LogP contribution in [-0.4, -0.2) is 42.8 Å². The molecule has 0 aromatic rings. The molecular weight excluding hydrogens is 192 g/mol. The number of unbranched alkanes of at least 4 members (excludes halogenated alkanes) is 1. The molecule has 0 aromatic heterocycles. The van der Waals surface area contributed by atoms with Crippen LogP contribution in [0.2, 0.25) is 0 Å². The molecule has 1 amide bonds. The third-order valence-corrected chi connectivity index (χ3v) is 2.58. The fourth-order valence-electron chi connectivity index (χ4n) is 1.68. The highest BCUT2D eigenvalue weighted by atomic mass is 16.5. The van der Waals surface area contributed by atoms with Crippen molar-refractivity contribution in [2.45, 2.75) is 45.9 Å². The van der Waals surface area contributed by atoms with E-state index >= 15 is 0 Å². The normalized spacial score (nSPS) is 21.7. The van der Waals surface area contributed by atoms with Gasteiger partial charge in [0, 0.05) is 13.2 Å². The van der Waals surface area contributed by atoms with Gasteiger partial charge in [-0.05, 0) is 33.6 Å². The Morgan fingerprint density at radius 1 is 1.53 bits per heavy atom. The van der Waals surface area contributed by atoms with Crippen LogP contribution in [0.3, 0.4) is 0 Å². The molecule has 1 unspecified atom stereocenters. The molecule has 1 fully saturated rings. The molecule has 0 saturated carbocycles. The Labute approximate surface area is 92.0 Å². The third kappa shape index (κ3) is 4.18. The second kappa shape index (κ2) is 6.08. The van der Waals surface area contributed by atoms with Gasteiger partial charge in [0.1, 0.15) is 0 Å². The molecular formula is C11H22N2O2. The molecule has 0 aliphatic carbocycles. The Hall–Kier alpha value is -0.610. The van der Waals surface area contributed by atoms with Gasteiger partial charge in [-0.15, -0.1) is 0 Å². The first kappa shape index (κ1) is 12.5. The summed E-state index contributed by atoms with van der Waals surface area (Å²) >= 11 is 0. The Morgan fingerprint density at radius 3 is 2.80 bits per heavy atom. The van der Waals surface area contributed by atoms with Gasteiger partial charge in [0.15, 0.2) is 0 Å². The first-order valence-corrected chi connectivity index (χ1v) is 5.75. The first-order chi connectivity index (χ1) is 7.11. The van der Waals surface area contributed by atoms with Crippen LogP contribution in [0.4, 0.5) is 0 Å². The number of carbonyl (C=O) groups is 1. The zero-order chi connectivity index (χ0) is 11.3. The molecule has 88 valence electrons. The standard InChI is InChI=1S/C11H22N2O2/c1-9(2)15-7-5-4-6-13-10(3)12-8-11(13)14/h9-10,12H,4-8H2,1-3H3. The van der Waals surface area contributed by atoms with Crippen molar-refractivity contribution in [3.63, 3.8) is 0 Å². The fraction of sp³-hybridized carbons (Fsp3) is 0.909. The summed E-state index contributed by atoms with van der Waals surface area (Å²) in [6.45, 7) is 8.22. The van der Waals surface area contributed by atoms with E-state index in [9.17, 15) is 4.79 Å². The molecule has 0 bridgehead atoms. The smallest absolute Gasteiger partial charge is 0.237 e. The van der Waals surface area contributed by atoms with E-state index in [0.717, 1.165) is 26.0 Å². The van der Waals surface area contributed by atoms with Gasteiger partial charge in [-0.25, -0.2) is 0 Å². The van der Waals surface area contributed by atoms with Crippen molar-refractivity contribution >= 4 is 5.91 Å². The molecule has 15 heavy (non-hydrogen) atoms. The quantitative estimate of drug-likeness (QED) is 0.670. The maximum Gasteiger partial charge on any atom is 0.237 e. The van der Waals surface area contributed by atoms with Crippen molar-refractivity contribution in [1.82, 2.24) is 10.2 Å². The number of ether oxygens (including phenoxy) is 1. The first-order valence-electron chi connectivity index (χ1n) is 5.75. The van der Waals surface area contributed by atoms with Gasteiger partial charge in [-0.2, -0.15) is 0 Å². The predicted octanol–water partition coefficient (Wildman–Crippen LogP) is 0.969. The number of hydrogen-bond donors (Lipinski definition) is 1. The minimum Gasteiger partial charge on any atom is -0.379 e. The van der Waals surface area contributed by atoms with Crippen molar-refractivity contribution in [3.05, 3.63) is 0 Å². The van der Waals surface area contributed by atoms with Crippen LogP contribution in [0, 0.1) is 0 Å². The number of nitrogens with zero attached hydrogens (tertiary/aromatic N) is 1. The van der Waals surface area contributed by atoms with Gasteiger partial charge >= 0.3 is 0 Å². The zero-order valence-corrected chi connectivity index (χ0v) is 9.95. The molecule has 0 spiro atoms. The second-order valence-corrected chi connectivity index (χ2v) is 4.27. The number of hydrogen-bond acceptors (Lipinski definition) is 3. The van der Waals surface area contributed by atoms with E-state index in [2.05, 4.69) is 5.32 Å². The number of rotatable bonds is 6. The minimum atomic E-state index is 0.198. The maximum atomic E-state index is 11.4. The van der Waals surface area contributed by atoms with Crippen LogP contribution in [0.25, 0.3) is 0 Å². The van der Waals surface area contributed by atoms with Gasteiger partial charge in [-0.3, -0.25) is 10.1 Å². The Morgan fingerprint density at radius 2 is 2.27 bits per heavy atom. The predicted molar refractivity (Wildman–Crippen MR) is 59.5 cm³/mol. The van der Waals surface area contributed by atoms with Gasteiger partial charge in [0.25, 0.3) is 0 Å². The Bertz CT molecular complexity index is 207. The Balaban J connectivity index is 2.07. The monoisotopic (exact) mass is 214 g/mol. The lowest BCUT2D eigenvalue weighted by Gasteiger charge is -2.20. The van der Waals surface area contributed by atoms with Crippen molar-refractivity contribution in [2.24, 2.45) is 0 Å². The molecule has 1 aliphatic rings. The molecule has 1 heterocycles. The minimum absolute atomic E-state index is 0.198. The molecule has 0 aromatic carbocycles. The van der Waals surface area contributed by atoms with Gasteiger partial charge < -0.3 is 9.64 Å². The number of nitrogens with one attached hydrogen (secondary N) is 1. The summed E-state index contributed by atoms with van der Waals surface area (Å²) in [5.41, 5.74) is 0. The van der Waals surface area contributed by atoms with E-state index < -0.39 is 0 Å². The van der Waals surface area contributed by atoms with Gasteiger partial charge in [0.05, 0.1) is 18.8 Å². The number of amides is 1. The van der Waals surface area contributed by atoms with E-state index in [1.807, 2.05) is 25.7 Å². The van der Waals surface area contributed by atoms with E-state index in [4.69, 9.17) is 4.74 Å². The van der Waals surface area contributed by atoms with Crippen LogP contribution in [0.5, 0.6) is 0 Å². The summed E-state index contributed by atoms with van der Waals surface area (Å²) < 4.78 is 5.44. The molecule has 4 heteroatoms. The summed E-state index contributed by atoms with van der Waals surface area (Å²) in [6, 6.07) is 0. The van der Waals surface area contributed by atoms with E-state index in [0.29, 0.717) is 12.6 Å². The van der Waals surface area contributed by atoms with E-state index in [-0.39, 0.29) is 12.1 Å². The van der Waals surface area contributed by atoms with E-state index in [1.165, 1.54) is 0 Å². The topological polar surface area (TPSA) is 41.6 Å². The van der Waals surface area contributed by atoms with Crippen molar-refractivity contribution < 1.29 is 9.53 Å². The van der Waals surface area contributed by atoms with Crippen LogP contribution in [-0.2, 0) is 9.53 Å². The van der Waals surface area contributed by atoms with Gasteiger partial charge in [-0.1, -0.05) is 0 Å². The molecule has 1 N–H and O–H groups in total. The average molecular weight is 214 g/mol. The highest BCUT2D eigenvalue weighted by Crippen LogP contribution is 2.06. The summed E-state index contributed by atoms with van der Waals surface area (Å²) in [5.74, 6) is 0.215. The molecule has 0 radical (unpaired) electrons. The molecule has 4 nitrogen and oxygen atoms in total. The highest BCUT2D eigenvalue weighted by molar-refractivity contribution is 5.80. The molecule has 1 rings (SSSR count). The zero-order valence-electron chi connectivity index (χ0n) is 9.95. The van der Waals surface area contributed by atoms with Crippen molar-refractivity contribution in [1.29, 1.82) is 0 Å². The largest absolute Gasteiger partial charge is 0.379 e. The van der Waals surface area contributed by atoms with Gasteiger partial charge in [0.2, 0.25) is 5.91 Å². The molecule has 1 aliphatic heterocycles. The number of carbonyl (C=O) groups excluding carboxylic acids is 1. The maximum absolute atomic E-state index is 11.4. The SMILES string of the molecule is CC(C)OCCCCN1C(=O)CNC1C. The Kier molecular flexibility index (Phi) is 5.05.